The van der Waals surface area contributed by atoms with E-state index in [4.69, 9.17) is 23.7 Å². The summed E-state index contributed by atoms with van der Waals surface area (Å²) in [6.45, 7) is 3.86. The van der Waals surface area contributed by atoms with E-state index in [0.717, 1.165) is 18.3 Å². The summed E-state index contributed by atoms with van der Waals surface area (Å²) in [5.74, 6) is -0.635. The van der Waals surface area contributed by atoms with Crippen LogP contribution in [0, 0.1) is 28.6 Å². The maximum atomic E-state index is 13.1. The molecule has 264 valence electrons. The topological polar surface area (TPSA) is 202 Å². The van der Waals surface area contributed by atoms with Gasteiger partial charge in [-0.25, -0.2) is 4.79 Å². The van der Waals surface area contributed by atoms with Crippen molar-refractivity contribution in [1.29, 1.82) is 0 Å². The summed E-state index contributed by atoms with van der Waals surface area (Å²) in [7, 11) is 0. The van der Waals surface area contributed by atoms with Crippen molar-refractivity contribution in [2.45, 2.75) is 145 Å². The van der Waals surface area contributed by atoms with E-state index in [0.29, 0.717) is 44.9 Å². The Labute approximate surface area is 274 Å². The molecule has 2 saturated heterocycles. The summed E-state index contributed by atoms with van der Waals surface area (Å²) in [5, 5.41) is 65.7. The number of hydrogen-bond donors (Lipinski definition) is 6. The van der Waals surface area contributed by atoms with Crippen LogP contribution in [0.25, 0.3) is 0 Å². The Morgan fingerprint density at radius 3 is 2.40 bits per heavy atom. The molecule has 3 aliphatic heterocycles. The smallest absolute Gasteiger partial charge is 0.331 e. The molecule has 0 aromatic rings. The van der Waals surface area contributed by atoms with E-state index in [1.807, 2.05) is 0 Å². The van der Waals surface area contributed by atoms with Crippen molar-refractivity contribution in [2.75, 3.05) is 13.2 Å². The molecule has 0 aromatic carbocycles. The van der Waals surface area contributed by atoms with E-state index in [1.165, 1.54) is 0 Å². The highest BCUT2D eigenvalue weighted by atomic mass is 16.7. The van der Waals surface area contributed by atoms with Gasteiger partial charge in [0, 0.05) is 24.3 Å². The highest BCUT2D eigenvalue weighted by molar-refractivity contribution is 5.85. The summed E-state index contributed by atoms with van der Waals surface area (Å²) >= 11 is 0. The van der Waals surface area contributed by atoms with Crippen LogP contribution in [0.4, 0.5) is 0 Å². The Kier molecular flexibility index (Phi) is 8.72. The summed E-state index contributed by atoms with van der Waals surface area (Å²) in [4.78, 5) is 25.0. The van der Waals surface area contributed by atoms with Gasteiger partial charge in [0.2, 0.25) is 0 Å². The fourth-order valence-corrected chi connectivity index (χ4v) is 11.0. The van der Waals surface area contributed by atoms with Crippen LogP contribution < -0.4 is 0 Å². The van der Waals surface area contributed by atoms with E-state index in [1.54, 1.807) is 13.0 Å². The molecule has 16 atom stereocenters. The zero-order chi connectivity index (χ0) is 33.5. The van der Waals surface area contributed by atoms with Crippen LogP contribution in [0.15, 0.2) is 11.6 Å². The average molecular weight is 667 g/mol. The third-order valence-corrected chi connectivity index (χ3v) is 13.6. The van der Waals surface area contributed by atoms with Crippen molar-refractivity contribution in [3.05, 3.63) is 11.6 Å². The predicted octanol–water partition coefficient (Wildman–Crippen LogP) is 0.243. The Hall–Kier alpha value is -1.52. The van der Waals surface area contributed by atoms with Crippen molar-refractivity contribution >= 4 is 12.3 Å². The number of cyclic esters (lactones) is 1. The van der Waals surface area contributed by atoms with Crippen LogP contribution in [-0.4, -0.2) is 123 Å². The number of aliphatic hydroxyl groups is 6. The van der Waals surface area contributed by atoms with E-state index in [2.05, 4.69) is 6.92 Å². The Balaban J connectivity index is 1.01. The van der Waals surface area contributed by atoms with Crippen molar-refractivity contribution in [2.24, 2.45) is 28.6 Å². The first-order valence-electron chi connectivity index (χ1n) is 17.3. The molecule has 4 aliphatic carbocycles. The largest absolute Gasteiger partial charge is 0.458 e. The maximum absolute atomic E-state index is 13.1. The molecule has 13 nitrogen and oxygen atoms in total. The van der Waals surface area contributed by atoms with Gasteiger partial charge in [-0.3, -0.25) is 0 Å². The first kappa shape index (κ1) is 34.0. The van der Waals surface area contributed by atoms with Gasteiger partial charge >= 0.3 is 5.97 Å². The third-order valence-electron chi connectivity index (χ3n) is 13.6. The molecule has 6 fully saturated rings. The standard InChI is InChI=1S/C34H50O13/c1-17-29(47-30-28(40)27(39)24(37)15-44-30)23(36)12-26(45-17)46-19-3-8-32(16-35)21-4-7-31(2)20(18-11-25(38)43-14-18)6-10-34(31,42)22(21)5-9-33(32,41)13-19/h11,16-17,19-24,26-30,36-37,39-42H,3-10,12-15H2,1-2H3/t17-,19+,20-,21+,22+,23-,24-,26+,27+,28+,29+,30-,31+,32-,33-,34-/m0/s1. The number of fused-ring (bicyclic) bond motifs is 5. The number of carbonyl (C=O) groups is 2. The molecule has 13 heteroatoms. The van der Waals surface area contributed by atoms with Gasteiger partial charge in [-0.2, -0.15) is 0 Å². The number of hydrogen-bond acceptors (Lipinski definition) is 13. The second-order valence-corrected chi connectivity index (χ2v) is 15.7. The summed E-state index contributed by atoms with van der Waals surface area (Å²) in [5.41, 5.74) is -2.86. The SMILES string of the molecule is C[C@@H]1O[C@H](O[C@@H]2CC[C@]3(C=O)[C@@H]4CC[C@]5(C)[C@H](C6=CC(=O)OC6)CC[C@]5(O)[C@@H]4CC[C@]3(O)C2)C[C@H](O)[C@@H]1O[C@@H]1OC[C@H](O)[C@@H](O)[C@H]1O. The molecule has 0 amide bonds. The quantitative estimate of drug-likeness (QED) is 0.128. The summed E-state index contributed by atoms with van der Waals surface area (Å²) in [6, 6.07) is 0. The lowest BCUT2D eigenvalue weighted by molar-refractivity contribution is -0.331. The van der Waals surface area contributed by atoms with Crippen LogP contribution >= 0.6 is 0 Å². The fourth-order valence-electron chi connectivity index (χ4n) is 11.0. The molecule has 3 heterocycles. The molecule has 0 aromatic heterocycles. The normalized spacial score (nSPS) is 54.6. The minimum Gasteiger partial charge on any atom is -0.458 e. The number of carbonyl (C=O) groups excluding carboxylic acids is 2. The van der Waals surface area contributed by atoms with Gasteiger partial charge in [-0.15, -0.1) is 0 Å². The first-order valence-corrected chi connectivity index (χ1v) is 17.3. The molecule has 7 rings (SSSR count). The van der Waals surface area contributed by atoms with Gasteiger partial charge in [0.25, 0.3) is 0 Å². The van der Waals surface area contributed by atoms with Crippen molar-refractivity contribution < 1.29 is 63.9 Å². The minimum absolute atomic E-state index is 0.0370. The molecule has 0 spiro atoms. The second-order valence-electron chi connectivity index (χ2n) is 15.7. The van der Waals surface area contributed by atoms with Crippen molar-refractivity contribution in [3.8, 4) is 0 Å². The van der Waals surface area contributed by atoms with Crippen LogP contribution in [0.5, 0.6) is 0 Å². The summed E-state index contributed by atoms with van der Waals surface area (Å²) < 4.78 is 28.7. The minimum atomic E-state index is -1.50. The number of ether oxygens (including phenoxy) is 5. The second kappa shape index (κ2) is 12.1. The van der Waals surface area contributed by atoms with Gasteiger partial charge in [0.05, 0.1) is 41.5 Å². The zero-order valence-electron chi connectivity index (χ0n) is 27.1. The Morgan fingerprint density at radius 1 is 0.936 bits per heavy atom. The Bertz CT molecular complexity index is 1250. The summed E-state index contributed by atoms with van der Waals surface area (Å²) in [6.07, 6.45) is -1.89. The number of rotatable bonds is 6. The van der Waals surface area contributed by atoms with Crippen LogP contribution in [0.2, 0.25) is 0 Å². The lowest BCUT2D eigenvalue weighted by Gasteiger charge is -2.65. The Morgan fingerprint density at radius 2 is 1.70 bits per heavy atom. The molecule has 6 N–H and O–H groups in total. The van der Waals surface area contributed by atoms with E-state index in [9.17, 15) is 40.2 Å². The van der Waals surface area contributed by atoms with E-state index < -0.39 is 77.3 Å². The highest BCUT2D eigenvalue weighted by Gasteiger charge is 2.71. The molecular weight excluding hydrogens is 616 g/mol. The monoisotopic (exact) mass is 666 g/mol. The molecule has 0 radical (unpaired) electrons. The van der Waals surface area contributed by atoms with Gasteiger partial charge in [0.1, 0.15) is 37.3 Å². The van der Waals surface area contributed by atoms with Crippen LogP contribution in [-0.2, 0) is 33.3 Å². The first-order chi connectivity index (χ1) is 22.2. The van der Waals surface area contributed by atoms with Gasteiger partial charge in [0.15, 0.2) is 12.6 Å². The van der Waals surface area contributed by atoms with Crippen molar-refractivity contribution in [1.82, 2.24) is 0 Å². The third kappa shape index (κ3) is 5.18. The molecule has 4 saturated carbocycles. The number of aliphatic hydroxyl groups excluding tert-OH is 4. The molecule has 47 heavy (non-hydrogen) atoms. The molecular formula is C34H50O13. The average Bonchev–Trinajstić information content (AvgIpc) is 3.57. The van der Waals surface area contributed by atoms with E-state index in [-0.39, 0.29) is 49.8 Å². The van der Waals surface area contributed by atoms with Crippen LogP contribution in [0.1, 0.15) is 78.1 Å². The van der Waals surface area contributed by atoms with Gasteiger partial charge in [-0.05, 0) is 81.6 Å². The van der Waals surface area contributed by atoms with Gasteiger partial charge in [-0.1, -0.05) is 6.92 Å². The molecule has 0 bridgehead atoms. The lowest BCUT2D eigenvalue weighted by Crippen LogP contribution is -2.69. The fraction of sp³-hybridized carbons (Fsp3) is 0.882. The number of esters is 1. The predicted molar refractivity (Wildman–Crippen MR) is 160 cm³/mol. The molecule has 7 aliphatic rings. The van der Waals surface area contributed by atoms with E-state index >= 15 is 0 Å². The molecule has 0 unspecified atom stereocenters. The van der Waals surface area contributed by atoms with Gasteiger partial charge < -0.3 is 59.1 Å². The lowest BCUT2D eigenvalue weighted by atomic mass is 9.41. The highest BCUT2D eigenvalue weighted by Crippen LogP contribution is 2.70. The zero-order valence-corrected chi connectivity index (χ0v) is 27.1. The maximum Gasteiger partial charge on any atom is 0.331 e. The van der Waals surface area contributed by atoms with Crippen LogP contribution in [0.3, 0.4) is 0 Å². The number of aldehydes is 1. The van der Waals surface area contributed by atoms with Crippen molar-refractivity contribution in [3.63, 3.8) is 0 Å².